The molecule has 2 bridgehead atoms. The van der Waals surface area contributed by atoms with Gasteiger partial charge in [-0.25, -0.2) is 13.6 Å². The van der Waals surface area contributed by atoms with Crippen LogP contribution < -0.4 is 13.8 Å². The number of aromatic nitrogens is 3. The number of carbonyl (C=O) groups excluding carboxylic acids is 1. The number of nitrogens with zero attached hydrogens (tertiary/aromatic N) is 5. The summed E-state index contributed by atoms with van der Waals surface area (Å²) in [4.78, 5) is 28.9. The third-order valence-electron chi connectivity index (χ3n) is 11.4. The molecule has 2 saturated heterocycles. The maximum Gasteiger partial charge on any atom is 0.534 e. The number of halogens is 5. The van der Waals surface area contributed by atoms with E-state index in [4.69, 9.17) is 14.2 Å². The number of pyridine rings is 1. The zero-order valence-corrected chi connectivity index (χ0v) is 37.5. The SMILES string of the molecule is COCOc1cc(-c2ncc3c(N4C[C@H]5CC[C@@H](C4)N5C(=O)OC(C)(C)C)nc(OS(=O)(=O)C(F)(F)F)nc3c2F)c2c(C#C[Si](C(C)C)(C(C)C)C(C)C)c(F)ccc2c1. The molecule has 2 aliphatic rings. The van der Waals surface area contributed by atoms with Gasteiger partial charge in [0.1, 0.15) is 42.3 Å². The van der Waals surface area contributed by atoms with Gasteiger partial charge in [0.05, 0.1) is 23.0 Å². The van der Waals surface area contributed by atoms with Crippen molar-refractivity contribution < 1.29 is 53.6 Å². The van der Waals surface area contributed by atoms with Gasteiger partial charge < -0.3 is 23.3 Å². The van der Waals surface area contributed by atoms with Crippen molar-refractivity contribution in [2.45, 2.75) is 115 Å². The molecular weight excluding hydrogens is 842 g/mol. The van der Waals surface area contributed by atoms with Crippen molar-refractivity contribution >= 4 is 51.8 Å². The van der Waals surface area contributed by atoms with Gasteiger partial charge in [0.25, 0.3) is 0 Å². The fraction of sp³-hybridized carbons (Fsp3) is 0.524. The van der Waals surface area contributed by atoms with Crippen molar-refractivity contribution in [2.24, 2.45) is 0 Å². The minimum atomic E-state index is -6.31. The van der Waals surface area contributed by atoms with Gasteiger partial charge in [0.15, 0.2) is 12.6 Å². The van der Waals surface area contributed by atoms with Crippen LogP contribution in [0.1, 0.15) is 80.7 Å². The Morgan fingerprint density at radius 2 is 1.59 bits per heavy atom. The Labute approximate surface area is 353 Å². The molecule has 0 spiro atoms. The van der Waals surface area contributed by atoms with E-state index in [1.807, 2.05) is 0 Å². The summed E-state index contributed by atoms with van der Waals surface area (Å²) < 4.78 is 120. The highest BCUT2D eigenvalue weighted by Gasteiger charge is 2.50. The third-order valence-corrected chi connectivity index (χ3v) is 18.6. The quantitative estimate of drug-likeness (QED) is 0.0377. The lowest BCUT2D eigenvalue weighted by atomic mass is 9.95. The number of ether oxygens (including phenoxy) is 3. The Bertz CT molecular complexity index is 2490. The first kappa shape index (κ1) is 45.7. The van der Waals surface area contributed by atoms with Crippen LogP contribution in [-0.2, 0) is 19.6 Å². The van der Waals surface area contributed by atoms with E-state index in [1.165, 1.54) is 31.5 Å². The van der Waals surface area contributed by atoms with Crippen LogP contribution >= 0.6 is 0 Å². The van der Waals surface area contributed by atoms with Crippen molar-refractivity contribution in [3.05, 3.63) is 47.7 Å². The summed E-state index contributed by atoms with van der Waals surface area (Å²) in [5, 5.41) is 0.498. The topological polar surface area (TPSA) is 133 Å². The molecule has 2 aromatic carbocycles. The number of hydrogen-bond donors (Lipinski definition) is 0. The van der Waals surface area contributed by atoms with Crippen molar-refractivity contribution in [2.75, 3.05) is 31.9 Å². The first-order valence-electron chi connectivity index (χ1n) is 19.9. The highest BCUT2D eigenvalue weighted by molar-refractivity contribution is 7.87. The van der Waals surface area contributed by atoms with Crippen LogP contribution in [0.3, 0.4) is 0 Å². The molecule has 1 amide bonds. The van der Waals surface area contributed by atoms with E-state index in [2.05, 4.69) is 72.1 Å². The minimum absolute atomic E-state index is 0.00673. The van der Waals surface area contributed by atoms with E-state index >= 15 is 8.78 Å². The fourth-order valence-corrected chi connectivity index (χ4v) is 14.4. The number of alkyl halides is 3. The van der Waals surface area contributed by atoms with E-state index in [1.54, 1.807) is 36.6 Å². The zero-order chi connectivity index (χ0) is 45.0. The van der Waals surface area contributed by atoms with Crippen LogP contribution in [0.2, 0.25) is 16.6 Å². The maximum atomic E-state index is 17.4. The van der Waals surface area contributed by atoms with E-state index < -0.39 is 76.3 Å². The second-order valence-corrected chi connectivity index (χ2v) is 24.5. The molecule has 0 aliphatic carbocycles. The monoisotopic (exact) mass is 891 g/mol. The van der Waals surface area contributed by atoms with Gasteiger partial charge in [-0.1, -0.05) is 53.5 Å². The van der Waals surface area contributed by atoms with Gasteiger partial charge in [-0.3, -0.25) is 9.88 Å². The summed E-state index contributed by atoms with van der Waals surface area (Å²) in [7, 11) is -7.34. The molecule has 2 fully saturated rings. The number of benzene rings is 2. The molecule has 4 heterocycles. The first-order valence-corrected chi connectivity index (χ1v) is 23.6. The molecule has 2 aliphatic heterocycles. The number of fused-ring (bicyclic) bond motifs is 4. The average Bonchev–Trinajstić information content (AvgIpc) is 3.42. The van der Waals surface area contributed by atoms with Crippen molar-refractivity contribution in [1.29, 1.82) is 0 Å². The van der Waals surface area contributed by atoms with Gasteiger partial charge in [-0.05, 0) is 73.8 Å². The van der Waals surface area contributed by atoms with Crippen molar-refractivity contribution in [3.8, 4) is 34.5 Å². The lowest BCUT2D eigenvalue weighted by molar-refractivity contribution is -0.0502. The Morgan fingerprint density at radius 3 is 2.15 bits per heavy atom. The maximum absolute atomic E-state index is 17.4. The van der Waals surface area contributed by atoms with Gasteiger partial charge >= 0.3 is 27.7 Å². The Kier molecular flexibility index (Phi) is 12.6. The summed E-state index contributed by atoms with van der Waals surface area (Å²) in [6, 6.07) is 3.60. The first-order chi connectivity index (χ1) is 28.4. The Balaban J connectivity index is 1.59. The molecule has 2 atom stereocenters. The van der Waals surface area contributed by atoms with E-state index in [9.17, 15) is 26.4 Å². The van der Waals surface area contributed by atoms with Crippen LogP contribution in [0.5, 0.6) is 11.8 Å². The molecule has 0 N–H and O–H groups in total. The van der Waals surface area contributed by atoms with Crippen LogP contribution in [0, 0.1) is 23.1 Å². The zero-order valence-electron chi connectivity index (χ0n) is 35.7. The summed E-state index contributed by atoms with van der Waals surface area (Å²) in [6.07, 6.45) is 1.77. The predicted molar refractivity (Wildman–Crippen MR) is 223 cm³/mol. The lowest BCUT2D eigenvalue weighted by Gasteiger charge is -2.42. The fourth-order valence-electron chi connectivity index (χ4n) is 8.86. The molecular formula is C42H50F5N5O7SSi. The summed E-state index contributed by atoms with van der Waals surface area (Å²) in [5.74, 6) is 1.31. The Morgan fingerprint density at radius 1 is 0.967 bits per heavy atom. The number of carbonyl (C=O) groups is 1. The van der Waals surface area contributed by atoms with E-state index in [0.717, 1.165) is 0 Å². The van der Waals surface area contributed by atoms with Crippen LogP contribution in [0.15, 0.2) is 30.5 Å². The molecule has 0 unspecified atom stereocenters. The summed E-state index contributed by atoms with van der Waals surface area (Å²) in [5.41, 5.74) is -3.57. The smallest absolute Gasteiger partial charge is 0.468 e. The second kappa shape index (κ2) is 16.8. The highest BCUT2D eigenvalue weighted by Crippen LogP contribution is 2.43. The molecule has 0 saturated carbocycles. The number of amides is 1. The van der Waals surface area contributed by atoms with Crippen LogP contribution in [-0.4, -0.2) is 92.6 Å². The highest BCUT2D eigenvalue weighted by atomic mass is 32.2. The largest absolute Gasteiger partial charge is 0.534 e. The number of rotatable bonds is 10. The summed E-state index contributed by atoms with van der Waals surface area (Å²) >= 11 is 0. The molecule has 12 nitrogen and oxygen atoms in total. The van der Waals surface area contributed by atoms with E-state index in [0.29, 0.717) is 18.2 Å². The van der Waals surface area contributed by atoms with Gasteiger partial charge in [0, 0.05) is 37.3 Å². The lowest BCUT2D eigenvalue weighted by Crippen LogP contribution is -2.57. The molecule has 0 radical (unpaired) electrons. The van der Waals surface area contributed by atoms with Gasteiger partial charge in [0.2, 0.25) is 0 Å². The number of piperazine rings is 1. The molecule has 4 aromatic rings. The Hall–Kier alpha value is -4.80. The second-order valence-electron chi connectivity index (χ2n) is 17.4. The average molecular weight is 892 g/mol. The van der Waals surface area contributed by atoms with Crippen molar-refractivity contribution in [3.63, 3.8) is 0 Å². The standard InChI is InChI=1S/C42H50F5N5O7SSi/c1-23(2)61(24(3)4,25(5)6)16-15-30-33(43)14-11-26-17-29(57-22-56-10)18-31(34(26)30)36-35(44)37-32(19-48-36)38(50-39(49-37)59-60(54,55)42(45,46)47)51-20-27-12-13-28(21-51)52(27)40(53)58-41(7,8)9/h11,14,17-19,23-25,27-28H,12-13,20-22H2,1-10H3/t27-,28+. The number of hydrogen-bond acceptors (Lipinski definition) is 11. The number of methoxy groups -OCH3 is 1. The predicted octanol–water partition coefficient (Wildman–Crippen LogP) is 9.49. The van der Waals surface area contributed by atoms with Crippen LogP contribution in [0.4, 0.5) is 32.6 Å². The molecule has 6 rings (SSSR count). The molecule has 2 aromatic heterocycles. The molecule has 330 valence electrons. The van der Waals surface area contributed by atoms with Gasteiger partial charge in [-0.15, -0.1) is 5.54 Å². The van der Waals surface area contributed by atoms with Crippen molar-refractivity contribution in [1.82, 2.24) is 19.9 Å². The number of anilines is 1. The normalized spacial score (nSPS) is 17.4. The minimum Gasteiger partial charge on any atom is -0.468 e. The van der Waals surface area contributed by atoms with Gasteiger partial charge in [-0.2, -0.15) is 31.6 Å². The van der Waals surface area contributed by atoms with E-state index in [-0.39, 0.29) is 70.0 Å². The summed E-state index contributed by atoms with van der Waals surface area (Å²) in [6.45, 7) is 17.8. The molecule has 61 heavy (non-hydrogen) atoms. The van der Waals surface area contributed by atoms with Crippen LogP contribution in [0.25, 0.3) is 32.9 Å². The molecule has 19 heteroatoms. The third kappa shape index (κ3) is 8.80.